The molecule has 0 unspecified atom stereocenters. The van der Waals surface area contributed by atoms with Gasteiger partial charge in [0.15, 0.2) is 0 Å². The van der Waals surface area contributed by atoms with Crippen molar-refractivity contribution in [3.05, 3.63) is 65.7 Å². The fraction of sp³-hybridized carbons (Fsp3) is 0.316. The van der Waals surface area contributed by atoms with Crippen molar-refractivity contribution in [1.82, 2.24) is 5.32 Å². The Morgan fingerprint density at radius 2 is 1.64 bits per heavy atom. The van der Waals surface area contributed by atoms with Gasteiger partial charge in [-0.2, -0.15) is 0 Å². The van der Waals surface area contributed by atoms with Crippen LogP contribution in [0.15, 0.2) is 54.6 Å². The van der Waals surface area contributed by atoms with Crippen molar-refractivity contribution in [2.45, 2.75) is 33.4 Å². The molecule has 0 radical (unpaired) electrons. The van der Waals surface area contributed by atoms with Gasteiger partial charge in [-0.05, 0) is 42.7 Å². The summed E-state index contributed by atoms with van der Waals surface area (Å²) in [6.45, 7) is 6.70. The van der Waals surface area contributed by atoms with Crippen molar-refractivity contribution in [3.8, 4) is 5.75 Å². The molecule has 1 atom stereocenters. The van der Waals surface area contributed by atoms with Crippen molar-refractivity contribution in [2.75, 3.05) is 0 Å². The van der Waals surface area contributed by atoms with E-state index in [4.69, 9.17) is 4.74 Å². The van der Waals surface area contributed by atoms with Crippen molar-refractivity contribution < 1.29 is 9.53 Å². The molecule has 0 saturated heterocycles. The van der Waals surface area contributed by atoms with Gasteiger partial charge in [0, 0.05) is 11.6 Å². The highest BCUT2D eigenvalue weighted by Gasteiger charge is 2.12. The Kier molecular flexibility index (Phi) is 5.59. The van der Waals surface area contributed by atoms with Crippen molar-refractivity contribution in [3.63, 3.8) is 0 Å². The van der Waals surface area contributed by atoms with E-state index in [9.17, 15) is 4.79 Å². The molecular weight excluding hydrogens is 274 g/mol. The molecule has 22 heavy (non-hydrogen) atoms. The van der Waals surface area contributed by atoms with E-state index in [-0.39, 0.29) is 11.9 Å². The molecule has 2 aromatic carbocycles. The molecular formula is C19H23NO2. The number of rotatable bonds is 6. The quantitative estimate of drug-likeness (QED) is 0.874. The number of carbonyl (C=O) groups is 1. The van der Waals surface area contributed by atoms with Gasteiger partial charge < -0.3 is 10.1 Å². The molecule has 1 amide bonds. The van der Waals surface area contributed by atoms with E-state index in [2.05, 4.69) is 19.2 Å². The van der Waals surface area contributed by atoms with E-state index in [1.54, 1.807) is 0 Å². The third kappa shape index (κ3) is 4.62. The van der Waals surface area contributed by atoms with Crippen LogP contribution in [-0.2, 0) is 6.61 Å². The van der Waals surface area contributed by atoms with Crippen LogP contribution in [0, 0.1) is 5.92 Å². The Hall–Kier alpha value is -2.29. The van der Waals surface area contributed by atoms with Crippen molar-refractivity contribution in [2.24, 2.45) is 5.92 Å². The first-order valence-electron chi connectivity index (χ1n) is 7.64. The maximum atomic E-state index is 12.1. The molecule has 3 nitrogen and oxygen atoms in total. The van der Waals surface area contributed by atoms with Crippen molar-refractivity contribution in [1.29, 1.82) is 0 Å². The highest BCUT2D eigenvalue weighted by Crippen LogP contribution is 2.12. The number of carbonyl (C=O) groups excluding carboxylic acids is 1. The third-order valence-electron chi connectivity index (χ3n) is 3.72. The lowest BCUT2D eigenvalue weighted by atomic mass is 10.1. The Morgan fingerprint density at radius 3 is 2.23 bits per heavy atom. The first-order chi connectivity index (χ1) is 10.6. The molecule has 2 rings (SSSR count). The summed E-state index contributed by atoms with van der Waals surface area (Å²) in [5, 5.41) is 3.00. The van der Waals surface area contributed by atoms with Crippen LogP contribution in [0.1, 0.15) is 36.7 Å². The summed E-state index contributed by atoms with van der Waals surface area (Å²) in [5.74, 6) is 1.23. The van der Waals surface area contributed by atoms with Gasteiger partial charge in [0.25, 0.3) is 5.91 Å². The van der Waals surface area contributed by atoms with E-state index < -0.39 is 0 Å². The molecule has 0 fully saturated rings. The summed E-state index contributed by atoms with van der Waals surface area (Å²) in [6.07, 6.45) is 0. The van der Waals surface area contributed by atoms with E-state index in [1.807, 2.05) is 61.5 Å². The lowest BCUT2D eigenvalue weighted by Crippen LogP contribution is -2.36. The largest absolute Gasteiger partial charge is 0.489 e. The van der Waals surface area contributed by atoms with Gasteiger partial charge in [-0.1, -0.05) is 44.2 Å². The van der Waals surface area contributed by atoms with Crippen LogP contribution >= 0.6 is 0 Å². The second-order valence-corrected chi connectivity index (χ2v) is 5.80. The minimum absolute atomic E-state index is 0.0308. The minimum Gasteiger partial charge on any atom is -0.489 e. The average molecular weight is 297 g/mol. The maximum absolute atomic E-state index is 12.1. The second kappa shape index (κ2) is 7.64. The standard InChI is InChI=1S/C19H23NO2/c1-14(2)15(3)20-19(21)17-11-9-16(10-12-17)13-22-18-7-5-4-6-8-18/h4-12,14-15H,13H2,1-3H3,(H,20,21)/t15-/m1/s1. The zero-order valence-corrected chi connectivity index (χ0v) is 13.4. The average Bonchev–Trinajstić information content (AvgIpc) is 2.54. The molecule has 0 spiro atoms. The number of para-hydroxylation sites is 1. The van der Waals surface area contributed by atoms with E-state index in [1.165, 1.54) is 0 Å². The Labute approximate surface area is 132 Å². The van der Waals surface area contributed by atoms with Crippen LogP contribution in [0.2, 0.25) is 0 Å². The van der Waals surface area contributed by atoms with E-state index >= 15 is 0 Å². The molecule has 0 aliphatic heterocycles. The number of hydrogen-bond acceptors (Lipinski definition) is 2. The summed E-state index contributed by atoms with van der Waals surface area (Å²) in [7, 11) is 0. The zero-order valence-electron chi connectivity index (χ0n) is 13.4. The van der Waals surface area contributed by atoms with Crippen LogP contribution < -0.4 is 10.1 Å². The van der Waals surface area contributed by atoms with Crippen LogP contribution in [0.4, 0.5) is 0 Å². The number of hydrogen-bond donors (Lipinski definition) is 1. The summed E-state index contributed by atoms with van der Waals surface area (Å²) in [4.78, 5) is 12.1. The van der Waals surface area contributed by atoms with Gasteiger partial charge >= 0.3 is 0 Å². The molecule has 116 valence electrons. The Bertz CT molecular complexity index is 591. The molecule has 0 saturated carbocycles. The Balaban J connectivity index is 1.91. The SMILES string of the molecule is CC(C)[C@@H](C)NC(=O)c1ccc(COc2ccccc2)cc1. The number of benzene rings is 2. The smallest absolute Gasteiger partial charge is 0.251 e. The normalized spacial score (nSPS) is 12.0. The second-order valence-electron chi connectivity index (χ2n) is 5.80. The zero-order chi connectivity index (χ0) is 15.9. The Morgan fingerprint density at radius 1 is 1.00 bits per heavy atom. The topological polar surface area (TPSA) is 38.3 Å². The van der Waals surface area contributed by atoms with Crippen LogP contribution in [-0.4, -0.2) is 11.9 Å². The lowest BCUT2D eigenvalue weighted by molar-refractivity contribution is 0.0930. The van der Waals surface area contributed by atoms with Crippen molar-refractivity contribution >= 4 is 5.91 Å². The highest BCUT2D eigenvalue weighted by molar-refractivity contribution is 5.94. The van der Waals surface area contributed by atoms with E-state index in [0.717, 1.165) is 11.3 Å². The fourth-order valence-corrected chi connectivity index (χ4v) is 1.89. The summed E-state index contributed by atoms with van der Waals surface area (Å²) in [5.41, 5.74) is 1.72. The van der Waals surface area contributed by atoms with Gasteiger partial charge in [-0.3, -0.25) is 4.79 Å². The van der Waals surface area contributed by atoms with Gasteiger partial charge in [0.2, 0.25) is 0 Å². The first kappa shape index (κ1) is 16.1. The molecule has 1 N–H and O–H groups in total. The molecule has 3 heteroatoms. The number of ether oxygens (including phenoxy) is 1. The van der Waals surface area contributed by atoms with Gasteiger partial charge in [0.1, 0.15) is 12.4 Å². The van der Waals surface area contributed by atoms with Crippen LogP contribution in [0.3, 0.4) is 0 Å². The number of nitrogens with one attached hydrogen (secondary N) is 1. The highest BCUT2D eigenvalue weighted by atomic mass is 16.5. The summed E-state index contributed by atoms with van der Waals surface area (Å²) >= 11 is 0. The minimum atomic E-state index is -0.0308. The predicted molar refractivity (Wildman–Crippen MR) is 89.0 cm³/mol. The first-order valence-corrected chi connectivity index (χ1v) is 7.64. The fourth-order valence-electron chi connectivity index (χ4n) is 1.89. The molecule has 0 aliphatic rings. The van der Waals surface area contributed by atoms with Gasteiger partial charge in [0.05, 0.1) is 0 Å². The van der Waals surface area contributed by atoms with Crippen LogP contribution in [0.25, 0.3) is 0 Å². The summed E-state index contributed by atoms with van der Waals surface area (Å²) in [6, 6.07) is 17.4. The molecule has 0 bridgehead atoms. The lowest BCUT2D eigenvalue weighted by Gasteiger charge is -2.17. The summed E-state index contributed by atoms with van der Waals surface area (Å²) < 4.78 is 5.69. The molecule has 0 heterocycles. The van der Waals surface area contributed by atoms with Gasteiger partial charge in [-0.25, -0.2) is 0 Å². The number of amides is 1. The molecule has 0 aliphatic carbocycles. The monoisotopic (exact) mass is 297 g/mol. The maximum Gasteiger partial charge on any atom is 0.251 e. The predicted octanol–water partition coefficient (Wildman–Crippen LogP) is 4.04. The van der Waals surface area contributed by atoms with E-state index in [0.29, 0.717) is 18.1 Å². The molecule has 2 aromatic rings. The third-order valence-corrected chi connectivity index (χ3v) is 3.72. The van der Waals surface area contributed by atoms with Gasteiger partial charge in [-0.15, -0.1) is 0 Å². The molecule has 0 aromatic heterocycles. The van der Waals surface area contributed by atoms with Crippen LogP contribution in [0.5, 0.6) is 5.75 Å².